The van der Waals surface area contributed by atoms with Crippen LogP contribution < -0.4 is 5.32 Å². The van der Waals surface area contributed by atoms with Gasteiger partial charge in [0.1, 0.15) is 0 Å². The lowest BCUT2D eigenvalue weighted by Crippen LogP contribution is -2.23. The largest absolute Gasteiger partial charge is 0.478 e. The van der Waals surface area contributed by atoms with Crippen molar-refractivity contribution in [2.45, 2.75) is 33.2 Å². The van der Waals surface area contributed by atoms with E-state index in [4.69, 9.17) is 5.11 Å². The van der Waals surface area contributed by atoms with Gasteiger partial charge >= 0.3 is 5.97 Å². The third kappa shape index (κ3) is 3.26. The standard InChI is InChI=1S/C13H19NO2/c1-4-9(2)10(3)14-12-7-5-6-11(8-12)13(15)16/h5-10,14H,4H2,1-3H3,(H,15,16). The van der Waals surface area contributed by atoms with Gasteiger partial charge < -0.3 is 10.4 Å². The maximum Gasteiger partial charge on any atom is 0.335 e. The summed E-state index contributed by atoms with van der Waals surface area (Å²) in [5.74, 6) is -0.326. The van der Waals surface area contributed by atoms with Crippen LogP contribution in [-0.4, -0.2) is 17.1 Å². The van der Waals surface area contributed by atoms with Crippen LogP contribution in [0.2, 0.25) is 0 Å². The first-order chi connectivity index (χ1) is 7.54. The Morgan fingerprint density at radius 3 is 2.69 bits per heavy atom. The minimum Gasteiger partial charge on any atom is -0.478 e. The fourth-order valence-electron chi connectivity index (χ4n) is 1.50. The topological polar surface area (TPSA) is 49.3 Å². The Morgan fingerprint density at radius 2 is 2.12 bits per heavy atom. The van der Waals surface area contributed by atoms with Crippen LogP contribution in [0.1, 0.15) is 37.6 Å². The molecule has 3 nitrogen and oxygen atoms in total. The Hall–Kier alpha value is -1.51. The minimum atomic E-state index is -0.889. The summed E-state index contributed by atoms with van der Waals surface area (Å²) in [6.07, 6.45) is 1.10. The molecule has 0 bridgehead atoms. The molecule has 0 heterocycles. The molecule has 0 fully saturated rings. The molecule has 2 unspecified atom stereocenters. The summed E-state index contributed by atoms with van der Waals surface area (Å²) in [5.41, 5.74) is 1.19. The van der Waals surface area contributed by atoms with E-state index in [0.29, 0.717) is 17.5 Å². The summed E-state index contributed by atoms with van der Waals surface area (Å²) in [6, 6.07) is 7.26. The fourth-order valence-corrected chi connectivity index (χ4v) is 1.50. The second-order valence-corrected chi connectivity index (χ2v) is 4.20. The van der Waals surface area contributed by atoms with Crippen molar-refractivity contribution < 1.29 is 9.90 Å². The van der Waals surface area contributed by atoms with Crippen molar-refractivity contribution >= 4 is 11.7 Å². The van der Waals surface area contributed by atoms with Crippen molar-refractivity contribution in [1.82, 2.24) is 0 Å². The Morgan fingerprint density at radius 1 is 1.44 bits per heavy atom. The number of anilines is 1. The number of carbonyl (C=O) groups is 1. The molecule has 16 heavy (non-hydrogen) atoms. The quantitative estimate of drug-likeness (QED) is 0.802. The van der Waals surface area contributed by atoms with E-state index >= 15 is 0 Å². The van der Waals surface area contributed by atoms with Crippen molar-refractivity contribution in [2.24, 2.45) is 5.92 Å². The van der Waals surface area contributed by atoms with Gasteiger partial charge in [-0.3, -0.25) is 0 Å². The number of aromatic carboxylic acids is 1. The summed E-state index contributed by atoms with van der Waals surface area (Å²) in [4.78, 5) is 10.8. The zero-order valence-electron chi connectivity index (χ0n) is 10.0. The Kier molecular flexibility index (Phi) is 4.35. The summed E-state index contributed by atoms with van der Waals surface area (Å²) >= 11 is 0. The van der Waals surface area contributed by atoms with Crippen LogP contribution in [0.5, 0.6) is 0 Å². The molecule has 2 atom stereocenters. The van der Waals surface area contributed by atoms with Crippen molar-refractivity contribution in [3.63, 3.8) is 0 Å². The lowest BCUT2D eigenvalue weighted by atomic mass is 10.0. The van der Waals surface area contributed by atoms with Crippen LogP contribution in [0.15, 0.2) is 24.3 Å². The van der Waals surface area contributed by atoms with Crippen molar-refractivity contribution in [3.8, 4) is 0 Å². The number of hydrogen-bond acceptors (Lipinski definition) is 2. The lowest BCUT2D eigenvalue weighted by molar-refractivity contribution is 0.0697. The molecular weight excluding hydrogens is 202 g/mol. The van der Waals surface area contributed by atoms with Gasteiger partial charge in [0.05, 0.1) is 5.56 Å². The summed E-state index contributed by atoms with van der Waals surface area (Å²) in [6.45, 7) is 6.44. The molecule has 1 aromatic rings. The summed E-state index contributed by atoms with van der Waals surface area (Å²) < 4.78 is 0. The number of carboxylic acid groups (broad SMARTS) is 1. The molecule has 0 aliphatic rings. The van der Waals surface area contributed by atoms with Crippen molar-refractivity contribution in [2.75, 3.05) is 5.32 Å². The first-order valence-corrected chi connectivity index (χ1v) is 5.64. The predicted molar refractivity (Wildman–Crippen MR) is 65.9 cm³/mol. The number of rotatable bonds is 5. The van der Waals surface area contributed by atoms with E-state index in [9.17, 15) is 4.79 Å². The number of hydrogen-bond donors (Lipinski definition) is 2. The molecule has 2 N–H and O–H groups in total. The minimum absolute atomic E-state index is 0.321. The average molecular weight is 221 g/mol. The molecule has 0 amide bonds. The van der Waals surface area contributed by atoms with E-state index in [-0.39, 0.29) is 0 Å². The molecular formula is C13H19NO2. The molecule has 1 aromatic carbocycles. The molecule has 3 heteroatoms. The van der Waals surface area contributed by atoms with Crippen LogP contribution in [0.4, 0.5) is 5.69 Å². The Balaban J connectivity index is 2.74. The van der Waals surface area contributed by atoms with E-state index in [1.807, 2.05) is 6.07 Å². The summed E-state index contributed by atoms with van der Waals surface area (Å²) in [5, 5.41) is 12.2. The van der Waals surface area contributed by atoms with Crippen LogP contribution in [0, 0.1) is 5.92 Å². The first-order valence-electron chi connectivity index (χ1n) is 5.64. The van der Waals surface area contributed by atoms with Crippen molar-refractivity contribution in [1.29, 1.82) is 0 Å². The SMILES string of the molecule is CCC(C)C(C)Nc1cccc(C(=O)O)c1. The second-order valence-electron chi connectivity index (χ2n) is 4.20. The van der Waals surface area contributed by atoms with Crippen LogP contribution >= 0.6 is 0 Å². The molecule has 0 saturated heterocycles. The van der Waals surface area contributed by atoms with Crippen LogP contribution in [-0.2, 0) is 0 Å². The molecule has 0 spiro atoms. The highest BCUT2D eigenvalue weighted by Crippen LogP contribution is 2.16. The number of nitrogens with one attached hydrogen (secondary N) is 1. The van der Waals surface area contributed by atoms with Gasteiger partial charge in [-0.15, -0.1) is 0 Å². The molecule has 0 radical (unpaired) electrons. The third-order valence-electron chi connectivity index (χ3n) is 3.00. The molecule has 0 saturated carbocycles. The molecule has 0 aromatic heterocycles. The van der Waals surface area contributed by atoms with Gasteiger partial charge in [0, 0.05) is 11.7 Å². The molecule has 0 aliphatic carbocycles. The van der Waals surface area contributed by atoms with E-state index in [0.717, 1.165) is 12.1 Å². The van der Waals surface area contributed by atoms with Crippen molar-refractivity contribution in [3.05, 3.63) is 29.8 Å². The number of benzene rings is 1. The van der Waals surface area contributed by atoms with E-state index < -0.39 is 5.97 Å². The predicted octanol–water partition coefficient (Wildman–Crippen LogP) is 3.23. The van der Waals surface area contributed by atoms with Gasteiger partial charge in [-0.1, -0.05) is 26.3 Å². The monoisotopic (exact) mass is 221 g/mol. The highest BCUT2D eigenvalue weighted by atomic mass is 16.4. The molecule has 1 rings (SSSR count). The number of carboxylic acids is 1. The molecule has 88 valence electrons. The zero-order chi connectivity index (χ0) is 12.1. The highest BCUT2D eigenvalue weighted by molar-refractivity contribution is 5.88. The zero-order valence-corrected chi connectivity index (χ0v) is 10.0. The van der Waals surface area contributed by atoms with Gasteiger partial charge in [0.2, 0.25) is 0 Å². The normalized spacial score (nSPS) is 14.2. The van der Waals surface area contributed by atoms with Crippen LogP contribution in [0.25, 0.3) is 0 Å². The average Bonchev–Trinajstić information content (AvgIpc) is 2.28. The smallest absolute Gasteiger partial charge is 0.335 e. The highest BCUT2D eigenvalue weighted by Gasteiger charge is 2.10. The lowest BCUT2D eigenvalue weighted by Gasteiger charge is -2.21. The van der Waals surface area contributed by atoms with E-state index in [2.05, 4.69) is 26.1 Å². The maximum absolute atomic E-state index is 10.8. The van der Waals surface area contributed by atoms with Gasteiger partial charge in [-0.2, -0.15) is 0 Å². The van der Waals surface area contributed by atoms with Gasteiger partial charge in [0.25, 0.3) is 0 Å². The Bertz CT molecular complexity index is 363. The van der Waals surface area contributed by atoms with Gasteiger partial charge in [-0.05, 0) is 31.0 Å². The molecule has 0 aliphatic heterocycles. The summed E-state index contributed by atoms with van der Waals surface area (Å²) in [7, 11) is 0. The van der Waals surface area contributed by atoms with E-state index in [1.165, 1.54) is 0 Å². The maximum atomic E-state index is 10.8. The van der Waals surface area contributed by atoms with E-state index in [1.54, 1.807) is 18.2 Å². The first kappa shape index (κ1) is 12.6. The Labute approximate surface area is 96.5 Å². The fraction of sp³-hybridized carbons (Fsp3) is 0.462. The van der Waals surface area contributed by atoms with Gasteiger partial charge in [-0.25, -0.2) is 4.79 Å². The third-order valence-corrected chi connectivity index (χ3v) is 3.00. The van der Waals surface area contributed by atoms with Gasteiger partial charge in [0.15, 0.2) is 0 Å². The van der Waals surface area contributed by atoms with Crippen LogP contribution in [0.3, 0.4) is 0 Å². The second kappa shape index (κ2) is 5.54.